The van der Waals surface area contributed by atoms with E-state index in [4.69, 9.17) is 5.26 Å². The molecule has 0 saturated carbocycles. The van der Waals surface area contributed by atoms with Gasteiger partial charge in [0.15, 0.2) is 17.3 Å². The van der Waals surface area contributed by atoms with Crippen LogP contribution in [0.4, 0.5) is 19.3 Å². The number of aryl methyl sites for hydroxylation is 1. The average Bonchev–Trinajstić information content (AvgIpc) is 2.67. The lowest BCUT2D eigenvalue weighted by Gasteiger charge is -2.29. The highest BCUT2D eigenvalue weighted by atomic mass is 32.2. The van der Waals surface area contributed by atoms with E-state index in [1.165, 1.54) is 13.1 Å². The van der Waals surface area contributed by atoms with Gasteiger partial charge in [-0.2, -0.15) is 5.26 Å². The Hall–Kier alpha value is -3.66. The summed E-state index contributed by atoms with van der Waals surface area (Å²) in [6.07, 6.45) is 1.21. The Morgan fingerprint density at radius 2 is 2.10 bits per heavy atom. The molecule has 3 amide bonds. The number of nitriles is 1. The van der Waals surface area contributed by atoms with Crippen molar-refractivity contribution >= 4 is 27.6 Å². The van der Waals surface area contributed by atoms with Gasteiger partial charge in [-0.1, -0.05) is 0 Å². The first-order chi connectivity index (χ1) is 14.1. The Morgan fingerprint density at radius 1 is 1.40 bits per heavy atom. The maximum Gasteiger partial charge on any atom is 0.336 e. The number of hydrogen-bond donors (Lipinski definition) is 2. The van der Waals surface area contributed by atoms with Crippen LogP contribution in [0.3, 0.4) is 0 Å². The van der Waals surface area contributed by atoms with Crippen molar-refractivity contribution in [3.8, 4) is 6.07 Å². The van der Waals surface area contributed by atoms with Crippen LogP contribution in [0.1, 0.15) is 30.0 Å². The predicted molar refractivity (Wildman–Crippen MR) is 97.3 cm³/mol. The van der Waals surface area contributed by atoms with Gasteiger partial charge < -0.3 is 10.6 Å². The number of anilines is 1. The second-order valence-corrected chi connectivity index (χ2v) is 8.11. The Labute approximate surface area is 169 Å². The smallest absolute Gasteiger partial charge is 0.336 e. The topological polar surface area (TPSA) is 145 Å². The third kappa shape index (κ3) is 3.64. The summed E-state index contributed by atoms with van der Waals surface area (Å²) in [4.78, 5) is 31.5. The minimum absolute atomic E-state index is 0.0822. The number of nitrogens with one attached hydrogen (secondary N) is 2. The molecule has 1 aromatic carbocycles. The van der Waals surface area contributed by atoms with Gasteiger partial charge in [-0.15, -0.1) is 0 Å². The highest BCUT2D eigenvalue weighted by Gasteiger charge is 2.41. The number of aromatic nitrogens is 2. The highest BCUT2D eigenvalue weighted by Crippen LogP contribution is 2.33. The molecular weight excluding hydrogens is 422 g/mol. The molecular formula is C17H14F2N6O4S. The molecule has 0 aliphatic carbocycles. The van der Waals surface area contributed by atoms with Crippen LogP contribution in [0.5, 0.6) is 0 Å². The van der Waals surface area contributed by atoms with Crippen LogP contribution in [0, 0.1) is 29.9 Å². The summed E-state index contributed by atoms with van der Waals surface area (Å²) in [6.45, 7) is 2.13. The molecule has 0 spiro atoms. The zero-order valence-corrected chi connectivity index (χ0v) is 16.4. The van der Waals surface area contributed by atoms with Crippen LogP contribution in [0.25, 0.3) is 0 Å². The van der Waals surface area contributed by atoms with Crippen LogP contribution >= 0.6 is 0 Å². The molecule has 1 atom stereocenters. The largest absolute Gasteiger partial charge is 0.346 e. The zero-order chi connectivity index (χ0) is 22.2. The molecule has 13 heteroatoms. The molecule has 2 aromatic rings. The predicted octanol–water partition coefficient (Wildman–Crippen LogP) is 1.35. The van der Waals surface area contributed by atoms with Gasteiger partial charge in [0.25, 0.3) is 10.0 Å². The molecule has 1 aliphatic rings. The Balaban J connectivity index is 1.82. The van der Waals surface area contributed by atoms with Crippen molar-refractivity contribution in [2.75, 3.05) is 11.9 Å². The number of nitrogens with zero attached hydrogens (tertiary/aromatic N) is 4. The molecule has 30 heavy (non-hydrogen) atoms. The Kier molecular flexibility index (Phi) is 5.36. The molecule has 2 N–H and O–H groups in total. The van der Waals surface area contributed by atoms with E-state index in [1.54, 1.807) is 6.92 Å². The van der Waals surface area contributed by atoms with Crippen molar-refractivity contribution in [3.63, 3.8) is 0 Å². The monoisotopic (exact) mass is 436 g/mol. The number of halogens is 2. The number of urea groups is 1. The Bertz CT molecular complexity index is 1210. The van der Waals surface area contributed by atoms with Gasteiger partial charge in [0, 0.05) is 0 Å². The number of benzene rings is 1. The van der Waals surface area contributed by atoms with Gasteiger partial charge in [0.2, 0.25) is 5.91 Å². The number of fused-ring (bicyclic) bond motifs is 1. The number of amides is 3. The van der Waals surface area contributed by atoms with Crippen LogP contribution in [-0.4, -0.2) is 41.2 Å². The average molecular weight is 436 g/mol. The van der Waals surface area contributed by atoms with E-state index in [0.29, 0.717) is 17.5 Å². The summed E-state index contributed by atoms with van der Waals surface area (Å²) < 4.78 is 53.0. The molecule has 0 unspecified atom stereocenters. The van der Waals surface area contributed by atoms with Crippen molar-refractivity contribution < 1.29 is 26.8 Å². The minimum Gasteiger partial charge on any atom is -0.346 e. The van der Waals surface area contributed by atoms with E-state index in [-0.39, 0.29) is 10.00 Å². The van der Waals surface area contributed by atoms with E-state index in [0.717, 1.165) is 6.07 Å². The molecule has 0 saturated heterocycles. The molecule has 10 nitrogen and oxygen atoms in total. The van der Waals surface area contributed by atoms with E-state index < -0.39 is 56.8 Å². The first-order valence-electron chi connectivity index (χ1n) is 8.41. The van der Waals surface area contributed by atoms with Crippen LogP contribution in [-0.2, 0) is 14.8 Å². The maximum atomic E-state index is 14.1. The van der Waals surface area contributed by atoms with Gasteiger partial charge >= 0.3 is 6.03 Å². The van der Waals surface area contributed by atoms with Crippen molar-refractivity contribution in [2.45, 2.75) is 24.8 Å². The lowest BCUT2D eigenvalue weighted by molar-refractivity contribution is -0.121. The fourth-order valence-electron chi connectivity index (χ4n) is 2.89. The minimum atomic E-state index is -4.82. The first-order valence-corrected chi connectivity index (χ1v) is 9.85. The summed E-state index contributed by atoms with van der Waals surface area (Å²) in [7, 11) is -4.82. The summed E-state index contributed by atoms with van der Waals surface area (Å²) in [5, 5.41) is 13.4. The molecule has 156 valence electrons. The molecule has 2 heterocycles. The second-order valence-electron chi connectivity index (χ2n) is 6.31. The van der Waals surface area contributed by atoms with E-state index >= 15 is 0 Å². The summed E-state index contributed by atoms with van der Waals surface area (Å²) in [5.41, 5.74) is 0.356. The van der Waals surface area contributed by atoms with Crippen LogP contribution < -0.4 is 10.6 Å². The van der Waals surface area contributed by atoms with Gasteiger partial charge in [0.05, 0.1) is 29.3 Å². The van der Waals surface area contributed by atoms with Crippen molar-refractivity contribution in [1.82, 2.24) is 19.6 Å². The summed E-state index contributed by atoms with van der Waals surface area (Å²) in [6, 6.07) is 1.48. The third-order valence-electron chi connectivity index (χ3n) is 4.24. The quantitative estimate of drug-likeness (QED) is 0.736. The number of sulfonamides is 1. The molecule has 0 fully saturated rings. The van der Waals surface area contributed by atoms with Gasteiger partial charge in [-0.3, -0.25) is 9.78 Å². The van der Waals surface area contributed by atoms with Crippen molar-refractivity contribution in [3.05, 3.63) is 47.0 Å². The number of carbonyl (C=O) groups excluding carboxylic acids is 2. The second kappa shape index (κ2) is 7.64. The molecule has 0 radical (unpaired) electrons. The van der Waals surface area contributed by atoms with Gasteiger partial charge in [0.1, 0.15) is 17.5 Å². The first kappa shape index (κ1) is 21.1. The number of carbonyl (C=O) groups is 2. The molecule has 3 rings (SSSR count). The Morgan fingerprint density at radius 3 is 2.73 bits per heavy atom. The van der Waals surface area contributed by atoms with Crippen molar-refractivity contribution in [1.29, 1.82) is 5.26 Å². The van der Waals surface area contributed by atoms with Gasteiger partial charge in [-0.05, 0) is 26.0 Å². The van der Waals surface area contributed by atoms with Crippen molar-refractivity contribution in [2.24, 2.45) is 0 Å². The zero-order valence-electron chi connectivity index (χ0n) is 15.6. The van der Waals surface area contributed by atoms with Crippen LogP contribution in [0.2, 0.25) is 0 Å². The lowest BCUT2D eigenvalue weighted by Crippen LogP contribution is -2.49. The van der Waals surface area contributed by atoms with E-state index in [2.05, 4.69) is 20.6 Å². The maximum absolute atomic E-state index is 14.1. The normalized spacial score (nSPS) is 15.6. The molecule has 1 aliphatic heterocycles. The fourth-order valence-corrected chi connectivity index (χ4v) is 4.38. The molecule has 1 aromatic heterocycles. The third-order valence-corrected chi connectivity index (χ3v) is 6.03. The van der Waals surface area contributed by atoms with Gasteiger partial charge in [-0.25, -0.2) is 31.3 Å². The molecule has 0 bridgehead atoms. The summed E-state index contributed by atoms with van der Waals surface area (Å²) >= 11 is 0. The summed E-state index contributed by atoms with van der Waals surface area (Å²) in [5.74, 6) is -3.97. The fraction of sp³-hybridized carbons (Fsp3) is 0.235. The highest BCUT2D eigenvalue weighted by molar-refractivity contribution is 7.90. The standard InChI is InChI=1S/C17H14F2N6O4S/c1-8-15(21-6-10(5-20)22-8)9(2)23-13(26)7-25-17(27)24-12-4-3-11(18)14(19)16(12)30(25,28)29/h3-4,6,9H,7H2,1-2H3,(H,23,26)(H,24,27)/t9-/m1/s1. The lowest BCUT2D eigenvalue weighted by atomic mass is 10.2. The van der Waals surface area contributed by atoms with Crippen LogP contribution in [0.15, 0.2) is 23.2 Å². The van der Waals surface area contributed by atoms with E-state index in [1.807, 2.05) is 6.07 Å². The van der Waals surface area contributed by atoms with E-state index in [9.17, 15) is 26.8 Å². The SMILES string of the molecule is Cc1nc(C#N)cnc1[C@@H](C)NC(=O)CN1C(=O)Nc2ccc(F)c(F)c2S1(=O)=O. The number of rotatable bonds is 4. The number of hydrogen-bond acceptors (Lipinski definition) is 7.